The fourth-order valence-corrected chi connectivity index (χ4v) is 5.46. The molecule has 1 aromatic rings. The lowest BCUT2D eigenvalue weighted by molar-refractivity contribution is -0.137. The first-order valence-corrected chi connectivity index (χ1v) is 12.8. The third kappa shape index (κ3) is 5.31. The van der Waals surface area contributed by atoms with Crippen LogP contribution in [0.1, 0.15) is 58.8 Å². The van der Waals surface area contributed by atoms with Crippen molar-refractivity contribution in [1.82, 2.24) is 20.4 Å². The Bertz CT molecular complexity index is 860. The van der Waals surface area contributed by atoms with Gasteiger partial charge in [0.05, 0.1) is 6.67 Å². The number of nitrogens with zero attached hydrogens (tertiary/aromatic N) is 3. The van der Waals surface area contributed by atoms with Crippen molar-refractivity contribution >= 4 is 23.5 Å². The average Bonchev–Trinajstić information content (AvgIpc) is 3.10. The Hall–Kier alpha value is -2.77. The molecule has 0 aromatic heterocycles. The molecular weight excluding hydrogens is 430 g/mol. The van der Waals surface area contributed by atoms with Gasteiger partial charge in [-0.25, -0.2) is 4.79 Å². The van der Waals surface area contributed by atoms with Gasteiger partial charge in [0.15, 0.2) is 0 Å². The lowest BCUT2D eigenvalue weighted by Gasteiger charge is -2.43. The highest BCUT2D eigenvalue weighted by Crippen LogP contribution is 2.39. The van der Waals surface area contributed by atoms with Crippen LogP contribution in [0.25, 0.3) is 0 Å². The molecule has 4 rings (SSSR count). The van der Waals surface area contributed by atoms with E-state index < -0.39 is 5.54 Å². The summed E-state index contributed by atoms with van der Waals surface area (Å²) in [5, 5.41) is 6.13. The Labute approximate surface area is 203 Å². The van der Waals surface area contributed by atoms with Crippen LogP contribution in [0.2, 0.25) is 0 Å². The van der Waals surface area contributed by atoms with Crippen LogP contribution in [-0.2, 0) is 9.59 Å². The van der Waals surface area contributed by atoms with Gasteiger partial charge in [-0.05, 0) is 43.7 Å². The molecular formula is C26H39N5O3. The summed E-state index contributed by atoms with van der Waals surface area (Å²) >= 11 is 0. The van der Waals surface area contributed by atoms with Crippen molar-refractivity contribution in [3.8, 4) is 0 Å². The monoisotopic (exact) mass is 469 g/mol. The standard InChI is InChI=1S/C26H39N5O3/c1-20(2)17-27-23(32)18-30-19-31(22-11-7-4-8-12-22)26(24(30)33)13-15-29(16-14-26)25(34)28-21-9-5-3-6-10-21/h4,7-8,11-12,20-21H,3,5-6,9-10,13-19H2,1-2H3,(H,27,32)(H,28,34). The molecule has 2 saturated heterocycles. The Morgan fingerprint density at radius 3 is 2.38 bits per heavy atom. The van der Waals surface area contributed by atoms with Crippen molar-refractivity contribution in [2.75, 3.05) is 37.7 Å². The smallest absolute Gasteiger partial charge is 0.317 e. The third-order valence-corrected chi connectivity index (χ3v) is 7.43. The number of nitrogens with one attached hydrogen (secondary N) is 2. The molecule has 0 radical (unpaired) electrons. The van der Waals surface area contributed by atoms with E-state index in [1.54, 1.807) is 4.90 Å². The molecule has 0 bridgehead atoms. The molecule has 0 atom stereocenters. The van der Waals surface area contributed by atoms with Crippen molar-refractivity contribution in [2.45, 2.75) is 70.4 Å². The van der Waals surface area contributed by atoms with E-state index in [0.29, 0.717) is 45.1 Å². The summed E-state index contributed by atoms with van der Waals surface area (Å²) in [6, 6.07) is 10.2. The molecule has 1 aromatic carbocycles. The van der Waals surface area contributed by atoms with Crippen molar-refractivity contribution in [3.05, 3.63) is 30.3 Å². The van der Waals surface area contributed by atoms with Gasteiger partial charge in [-0.2, -0.15) is 0 Å². The number of likely N-dealkylation sites (tertiary alicyclic amines) is 1. The van der Waals surface area contributed by atoms with Gasteiger partial charge in [0.1, 0.15) is 12.1 Å². The minimum atomic E-state index is -0.721. The summed E-state index contributed by atoms with van der Waals surface area (Å²) in [5.74, 6) is 0.217. The number of carbonyl (C=O) groups excluding carboxylic acids is 3. The lowest BCUT2D eigenvalue weighted by atomic mass is 9.85. The van der Waals surface area contributed by atoms with Gasteiger partial charge < -0.3 is 25.3 Å². The third-order valence-electron chi connectivity index (χ3n) is 7.43. The van der Waals surface area contributed by atoms with E-state index in [9.17, 15) is 14.4 Å². The summed E-state index contributed by atoms with van der Waals surface area (Å²) < 4.78 is 0. The molecule has 2 N–H and O–H groups in total. The zero-order chi connectivity index (χ0) is 24.1. The molecule has 3 fully saturated rings. The number of amides is 4. The molecule has 0 unspecified atom stereocenters. The molecule has 4 amide bonds. The number of rotatable bonds is 6. The lowest BCUT2D eigenvalue weighted by Crippen LogP contribution is -2.59. The van der Waals surface area contributed by atoms with Crippen LogP contribution in [0.5, 0.6) is 0 Å². The molecule has 1 aliphatic carbocycles. The number of anilines is 1. The zero-order valence-electron chi connectivity index (χ0n) is 20.6. The molecule has 1 spiro atoms. The van der Waals surface area contributed by atoms with E-state index in [1.807, 2.05) is 49.1 Å². The highest BCUT2D eigenvalue weighted by Gasteiger charge is 2.54. The quantitative estimate of drug-likeness (QED) is 0.671. The van der Waals surface area contributed by atoms with Crippen LogP contribution >= 0.6 is 0 Å². The van der Waals surface area contributed by atoms with Crippen LogP contribution in [0.4, 0.5) is 10.5 Å². The summed E-state index contributed by atoms with van der Waals surface area (Å²) in [6.07, 6.45) is 6.83. The molecule has 34 heavy (non-hydrogen) atoms. The van der Waals surface area contributed by atoms with Crippen molar-refractivity contribution < 1.29 is 14.4 Å². The van der Waals surface area contributed by atoms with Gasteiger partial charge in [-0.3, -0.25) is 9.59 Å². The van der Waals surface area contributed by atoms with Gasteiger partial charge >= 0.3 is 6.03 Å². The second-order valence-electron chi connectivity index (χ2n) is 10.4. The Morgan fingerprint density at radius 1 is 1.06 bits per heavy atom. The van der Waals surface area contributed by atoms with Crippen LogP contribution in [0.15, 0.2) is 30.3 Å². The van der Waals surface area contributed by atoms with E-state index in [0.717, 1.165) is 18.5 Å². The van der Waals surface area contributed by atoms with E-state index >= 15 is 0 Å². The highest BCUT2D eigenvalue weighted by molar-refractivity contribution is 5.96. The van der Waals surface area contributed by atoms with Gasteiger partial charge in [-0.1, -0.05) is 51.3 Å². The molecule has 186 valence electrons. The van der Waals surface area contributed by atoms with E-state index in [1.165, 1.54) is 19.3 Å². The van der Waals surface area contributed by atoms with E-state index in [2.05, 4.69) is 15.5 Å². The minimum Gasteiger partial charge on any atom is -0.354 e. The predicted octanol–water partition coefficient (Wildman–Crippen LogP) is 2.94. The maximum absolute atomic E-state index is 13.7. The molecule has 8 heteroatoms. The van der Waals surface area contributed by atoms with Gasteiger partial charge in [0.25, 0.3) is 5.91 Å². The molecule has 2 aliphatic heterocycles. The highest BCUT2D eigenvalue weighted by atomic mass is 16.2. The predicted molar refractivity (Wildman–Crippen MR) is 132 cm³/mol. The van der Waals surface area contributed by atoms with Crippen molar-refractivity contribution in [2.24, 2.45) is 5.92 Å². The number of carbonyl (C=O) groups is 3. The first-order chi connectivity index (χ1) is 16.4. The van der Waals surface area contributed by atoms with E-state index in [4.69, 9.17) is 0 Å². The zero-order valence-corrected chi connectivity index (χ0v) is 20.6. The Kier molecular flexibility index (Phi) is 7.63. The summed E-state index contributed by atoms with van der Waals surface area (Å²) in [4.78, 5) is 44.8. The molecule has 2 heterocycles. The van der Waals surface area contributed by atoms with Crippen LogP contribution in [-0.4, -0.2) is 72.1 Å². The topological polar surface area (TPSA) is 85.0 Å². The van der Waals surface area contributed by atoms with Crippen molar-refractivity contribution in [1.29, 1.82) is 0 Å². The van der Waals surface area contributed by atoms with E-state index in [-0.39, 0.29) is 30.4 Å². The Balaban J connectivity index is 1.45. The summed E-state index contributed by atoms with van der Waals surface area (Å²) in [5.41, 5.74) is 0.252. The van der Waals surface area contributed by atoms with Gasteiger partial charge in [0.2, 0.25) is 5.91 Å². The first-order valence-electron chi connectivity index (χ1n) is 12.8. The van der Waals surface area contributed by atoms with Gasteiger partial charge in [-0.15, -0.1) is 0 Å². The maximum atomic E-state index is 13.7. The van der Waals surface area contributed by atoms with Crippen LogP contribution in [0, 0.1) is 5.92 Å². The number of hydrogen-bond donors (Lipinski definition) is 2. The normalized spacial score (nSPS) is 20.8. The maximum Gasteiger partial charge on any atom is 0.317 e. The number of piperidine rings is 1. The number of urea groups is 1. The molecule has 8 nitrogen and oxygen atoms in total. The molecule has 3 aliphatic rings. The SMILES string of the molecule is CC(C)CNC(=O)CN1CN(c2ccccc2)C2(CCN(C(=O)NC3CCCCC3)CC2)C1=O. The van der Waals surface area contributed by atoms with Crippen LogP contribution < -0.4 is 15.5 Å². The first kappa shape index (κ1) is 24.4. The fraction of sp³-hybridized carbons (Fsp3) is 0.654. The van der Waals surface area contributed by atoms with Gasteiger partial charge in [0, 0.05) is 31.4 Å². The summed E-state index contributed by atoms with van der Waals surface area (Å²) in [7, 11) is 0. The number of para-hydroxylation sites is 1. The fourth-order valence-electron chi connectivity index (χ4n) is 5.46. The summed E-state index contributed by atoms with van der Waals surface area (Å²) in [6.45, 7) is 6.19. The van der Waals surface area contributed by atoms with Crippen molar-refractivity contribution in [3.63, 3.8) is 0 Å². The Morgan fingerprint density at radius 2 is 1.74 bits per heavy atom. The number of benzene rings is 1. The number of hydrogen-bond acceptors (Lipinski definition) is 4. The largest absolute Gasteiger partial charge is 0.354 e. The average molecular weight is 470 g/mol. The molecule has 1 saturated carbocycles. The van der Waals surface area contributed by atoms with Crippen LogP contribution in [0.3, 0.4) is 0 Å². The second-order valence-corrected chi connectivity index (χ2v) is 10.4. The second kappa shape index (κ2) is 10.7. The minimum absolute atomic E-state index is 0.0108.